The SMILES string of the molecule is CC(C)N1C=C(C(C)(CCN(C)C)C(F)(F)F)C(C(C)(C)C)CC1. The van der Waals surface area contributed by atoms with Crippen LogP contribution in [0.25, 0.3) is 0 Å². The summed E-state index contributed by atoms with van der Waals surface area (Å²) < 4.78 is 42.5. The van der Waals surface area contributed by atoms with Crippen LogP contribution in [0.3, 0.4) is 0 Å². The Balaban J connectivity index is 3.40. The quantitative estimate of drug-likeness (QED) is 0.676. The van der Waals surface area contributed by atoms with Crippen molar-refractivity contribution >= 4 is 0 Å². The zero-order chi connectivity index (χ0) is 18.9. The summed E-state index contributed by atoms with van der Waals surface area (Å²) in [7, 11) is 3.65. The summed E-state index contributed by atoms with van der Waals surface area (Å²) in [5.74, 6) is -0.0544. The summed E-state index contributed by atoms with van der Waals surface area (Å²) in [6, 6.07) is 0.215. The molecule has 0 bridgehead atoms. The van der Waals surface area contributed by atoms with E-state index in [1.807, 2.05) is 39.0 Å². The molecule has 1 heterocycles. The lowest BCUT2D eigenvalue weighted by Crippen LogP contribution is -2.47. The van der Waals surface area contributed by atoms with Gasteiger partial charge in [0.15, 0.2) is 0 Å². The Hall–Kier alpha value is -0.710. The van der Waals surface area contributed by atoms with Gasteiger partial charge in [-0.15, -0.1) is 0 Å². The van der Waals surface area contributed by atoms with Crippen LogP contribution >= 0.6 is 0 Å². The minimum atomic E-state index is -4.25. The van der Waals surface area contributed by atoms with Crippen molar-refractivity contribution < 1.29 is 13.2 Å². The van der Waals surface area contributed by atoms with Gasteiger partial charge in [0, 0.05) is 12.6 Å². The molecular weight excluding hydrogens is 313 g/mol. The van der Waals surface area contributed by atoms with E-state index in [1.54, 1.807) is 0 Å². The molecule has 2 unspecified atom stereocenters. The highest BCUT2D eigenvalue weighted by molar-refractivity contribution is 5.24. The van der Waals surface area contributed by atoms with Crippen LogP contribution in [0.4, 0.5) is 13.2 Å². The fourth-order valence-electron chi connectivity index (χ4n) is 3.50. The molecule has 1 aliphatic heterocycles. The average Bonchev–Trinajstić information content (AvgIpc) is 2.41. The lowest BCUT2D eigenvalue weighted by molar-refractivity contribution is -0.211. The monoisotopic (exact) mass is 348 g/mol. The van der Waals surface area contributed by atoms with Crippen molar-refractivity contribution in [2.45, 2.75) is 66.6 Å². The second-order valence-corrected chi connectivity index (χ2v) is 9.01. The standard InChI is InChI=1S/C19H35F3N2/c1-14(2)24-11-9-15(17(3,4)5)16(13-24)18(6,19(20,21)22)10-12-23(7)8/h13-15H,9-12H2,1-8H3. The van der Waals surface area contributed by atoms with E-state index < -0.39 is 11.6 Å². The molecule has 5 heteroatoms. The van der Waals surface area contributed by atoms with Crippen molar-refractivity contribution in [1.29, 1.82) is 0 Å². The van der Waals surface area contributed by atoms with Crippen LogP contribution in [0, 0.1) is 16.7 Å². The minimum absolute atomic E-state index is 0.0544. The van der Waals surface area contributed by atoms with Gasteiger partial charge < -0.3 is 9.80 Å². The second kappa shape index (κ2) is 7.27. The molecule has 0 aliphatic carbocycles. The zero-order valence-corrected chi connectivity index (χ0v) is 16.6. The number of rotatable bonds is 5. The third-order valence-electron chi connectivity index (χ3n) is 5.39. The van der Waals surface area contributed by atoms with Gasteiger partial charge in [0.2, 0.25) is 0 Å². The molecule has 24 heavy (non-hydrogen) atoms. The summed E-state index contributed by atoms with van der Waals surface area (Å²) >= 11 is 0. The van der Waals surface area contributed by atoms with E-state index in [-0.39, 0.29) is 23.8 Å². The first kappa shape index (κ1) is 21.3. The van der Waals surface area contributed by atoms with Gasteiger partial charge in [-0.25, -0.2) is 0 Å². The average molecular weight is 348 g/mol. The van der Waals surface area contributed by atoms with E-state index in [4.69, 9.17) is 0 Å². The number of alkyl halides is 3. The van der Waals surface area contributed by atoms with E-state index in [9.17, 15) is 13.2 Å². The molecule has 0 amide bonds. The number of halogens is 3. The lowest BCUT2D eigenvalue weighted by atomic mass is 9.63. The molecule has 0 N–H and O–H groups in total. The summed E-state index contributed by atoms with van der Waals surface area (Å²) in [4.78, 5) is 3.90. The molecule has 0 saturated carbocycles. The van der Waals surface area contributed by atoms with E-state index in [0.29, 0.717) is 12.1 Å². The second-order valence-electron chi connectivity index (χ2n) is 9.01. The largest absolute Gasteiger partial charge is 0.397 e. The Morgan fingerprint density at radius 1 is 1.17 bits per heavy atom. The molecule has 0 spiro atoms. The molecule has 0 saturated heterocycles. The highest BCUT2D eigenvalue weighted by atomic mass is 19.4. The lowest BCUT2D eigenvalue weighted by Gasteiger charge is -2.48. The normalized spacial score (nSPS) is 22.8. The van der Waals surface area contributed by atoms with E-state index in [1.165, 1.54) is 6.92 Å². The Morgan fingerprint density at radius 3 is 2.08 bits per heavy atom. The Labute approximate surface area is 146 Å². The highest BCUT2D eigenvalue weighted by Gasteiger charge is 2.56. The first-order valence-corrected chi connectivity index (χ1v) is 8.89. The van der Waals surface area contributed by atoms with E-state index in [2.05, 4.69) is 25.7 Å². The van der Waals surface area contributed by atoms with Crippen molar-refractivity contribution in [3.05, 3.63) is 11.8 Å². The van der Waals surface area contributed by atoms with Crippen molar-refractivity contribution in [2.75, 3.05) is 27.2 Å². The smallest absolute Gasteiger partial charge is 0.375 e. The molecule has 0 radical (unpaired) electrons. The van der Waals surface area contributed by atoms with Crippen LogP contribution in [0.2, 0.25) is 0 Å². The van der Waals surface area contributed by atoms with Crippen LogP contribution in [0.5, 0.6) is 0 Å². The van der Waals surface area contributed by atoms with Gasteiger partial charge in [0.05, 0.1) is 5.41 Å². The van der Waals surface area contributed by atoms with Crippen LogP contribution < -0.4 is 0 Å². The molecule has 142 valence electrons. The molecular formula is C19H35F3N2. The fourth-order valence-corrected chi connectivity index (χ4v) is 3.50. The first-order chi connectivity index (χ1) is 10.7. The predicted molar refractivity (Wildman–Crippen MR) is 94.8 cm³/mol. The molecule has 2 atom stereocenters. The molecule has 0 aromatic heterocycles. The van der Waals surface area contributed by atoms with Gasteiger partial charge in [-0.2, -0.15) is 13.2 Å². The Morgan fingerprint density at radius 2 is 1.71 bits per heavy atom. The van der Waals surface area contributed by atoms with E-state index >= 15 is 0 Å². The van der Waals surface area contributed by atoms with Gasteiger partial charge >= 0.3 is 6.18 Å². The topological polar surface area (TPSA) is 6.48 Å². The highest BCUT2D eigenvalue weighted by Crippen LogP contribution is 2.54. The predicted octanol–water partition coefficient (Wildman–Crippen LogP) is 5.17. The van der Waals surface area contributed by atoms with Gasteiger partial charge in [-0.3, -0.25) is 0 Å². The Kier molecular flexibility index (Phi) is 6.46. The van der Waals surface area contributed by atoms with Gasteiger partial charge in [-0.05, 0) is 77.4 Å². The summed E-state index contributed by atoms with van der Waals surface area (Å²) in [6.45, 7) is 12.9. The molecule has 0 aromatic rings. The maximum atomic E-state index is 14.2. The van der Waals surface area contributed by atoms with Crippen LogP contribution in [0.15, 0.2) is 11.8 Å². The maximum Gasteiger partial charge on any atom is 0.397 e. The van der Waals surface area contributed by atoms with Crippen molar-refractivity contribution in [2.24, 2.45) is 16.7 Å². The maximum absolute atomic E-state index is 14.2. The van der Waals surface area contributed by atoms with Gasteiger partial charge in [-0.1, -0.05) is 20.8 Å². The number of allylic oxidation sites excluding steroid dienone is 1. The summed E-state index contributed by atoms with van der Waals surface area (Å²) in [6.07, 6.45) is -1.55. The molecule has 2 nitrogen and oxygen atoms in total. The van der Waals surface area contributed by atoms with Crippen molar-refractivity contribution in [1.82, 2.24) is 9.80 Å². The van der Waals surface area contributed by atoms with Crippen LogP contribution in [0.1, 0.15) is 54.4 Å². The van der Waals surface area contributed by atoms with Gasteiger partial charge in [0.25, 0.3) is 0 Å². The Bertz CT molecular complexity index is 447. The molecule has 0 fully saturated rings. The zero-order valence-electron chi connectivity index (χ0n) is 16.6. The summed E-state index contributed by atoms with van der Waals surface area (Å²) in [5.41, 5.74) is -1.41. The third-order valence-corrected chi connectivity index (χ3v) is 5.39. The molecule has 1 aliphatic rings. The van der Waals surface area contributed by atoms with Gasteiger partial charge in [0.1, 0.15) is 0 Å². The first-order valence-electron chi connectivity index (χ1n) is 8.89. The number of hydrogen-bond acceptors (Lipinski definition) is 2. The van der Waals surface area contributed by atoms with Crippen molar-refractivity contribution in [3.63, 3.8) is 0 Å². The van der Waals surface area contributed by atoms with Crippen molar-refractivity contribution in [3.8, 4) is 0 Å². The van der Waals surface area contributed by atoms with Crippen LogP contribution in [-0.2, 0) is 0 Å². The fraction of sp³-hybridized carbons (Fsp3) is 0.895. The summed E-state index contributed by atoms with van der Waals surface area (Å²) in [5, 5.41) is 0. The number of nitrogens with zero attached hydrogens (tertiary/aromatic N) is 2. The number of hydrogen-bond donors (Lipinski definition) is 0. The molecule has 1 rings (SSSR count). The third kappa shape index (κ3) is 4.68. The minimum Gasteiger partial charge on any atom is -0.375 e. The van der Waals surface area contributed by atoms with E-state index in [0.717, 1.165) is 13.0 Å². The van der Waals surface area contributed by atoms with Crippen LogP contribution in [-0.4, -0.2) is 49.2 Å². The molecule has 0 aromatic carbocycles.